The zero-order chi connectivity index (χ0) is 8.27. The number of hydrogen-bond donors (Lipinski definition) is 2. The Morgan fingerprint density at radius 1 is 1.64 bits per heavy atom. The van der Waals surface area contributed by atoms with E-state index in [4.69, 9.17) is 5.11 Å². The lowest BCUT2D eigenvalue weighted by Crippen LogP contribution is -2.34. The first kappa shape index (κ1) is 9.16. The molecule has 0 aliphatic heterocycles. The second-order valence-corrected chi connectivity index (χ2v) is 4.20. The molecule has 0 radical (unpaired) electrons. The monoisotopic (exact) mass is 177 g/mol. The van der Waals surface area contributed by atoms with E-state index in [0.717, 1.165) is 19.3 Å². The lowest BCUT2D eigenvalue weighted by Gasteiger charge is -2.16. The van der Waals surface area contributed by atoms with E-state index in [1.54, 1.807) is 6.26 Å². The molecule has 3 nitrogen and oxygen atoms in total. The molecule has 0 spiro atoms. The molecule has 1 saturated carbocycles. The van der Waals surface area contributed by atoms with Gasteiger partial charge in [0, 0.05) is 18.9 Å². The summed E-state index contributed by atoms with van der Waals surface area (Å²) in [5.41, 5.74) is 0. The minimum absolute atomic E-state index is 0.217. The molecule has 0 aromatic heterocycles. The molecule has 1 aliphatic carbocycles. The molecule has 0 aromatic rings. The van der Waals surface area contributed by atoms with Crippen LogP contribution < -0.4 is 4.72 Å². The highest BCUT2D eigenvalue weighted by molar-refractivity contribution is 7.82. The zero-order valence-electron chi connectivity index (χ0n) is 6.75. The molecule has 1 aliphatic rings. The van der Waals surface area contributed by atoms with Gasteiger partial charge in [0.05, 0.1) is 11.0 Å². The van der Waals surface area contributed by atoms with Crippen LogP contribution in [0.25, 0.3) is 0 Å². The highest BCUT2D eigenvalue weighted by atomic mass is 32.2. The molecule has 3 atom stereocenters. The summed E-state index contributed by atoms with van der Waals surface area (Å²) in [4.78, 5) is 0. The van der Waals surface area contributed by atoms with E-state index in [9.17, 15) is 4.21 Å². The standard InChI is InChI=1S/C7H15NO2S/c1-11(10)8-7-4-2-3-6(7)5-9/h6-9H,2-5H2,1H3/t6-,7-,11?/m1/s1. The lowest BCUT2D eigenvalue weighted by atomic mass is 10.1. The van der Waals surface area contributed by atoms with Gasteiger partial charge < -0.3 is 5.11 Å². The summed E-state index contributed by atoms with van der Waals surface area (Å²) >= 11 is 0. The molecule has 1 rings (SSSR count). The van der Waals surface area contributed by atoms with Crippen LogP contribution in [0.5, 0.6) is 0 Å². The topological polar surface area (TPSA) is 49.3 Å². The van der Waals surface area contributed by atoms with Crippen LogP contribution in [0.3, 0.4) is 0 Å². The van der Waals surface area contributed by atoms with Gasteiger partial charge in [0.2, 0.25) is 0 Å². The fourth-order valence-corrected chi connectivity index (χ4v) is 2.36. The number of aliphatic hydroxyl groups is 1. The Hall–Kier alpha value is 0.0700. The molecule has 0 bridgehead atoms. The summed E-state index contributed by atoms with van der Waals surface area (Å²) in [6.07, 6.45) is 4.88. The normalized spacial score (nSPS) is 34.0. The first-order chi connectivity index (χ1) is 5.24. The third-order valence-electron chi connectivity index (χ3n) is 2.21. The molecule has 66 valence electrons. The van der Waals surface area contributed by atoms with Gasteiger partial charge in [-0.2, -0.15) is 0 Å². The van der Waals surface area contributed by atoms with Crippen LogP contribution in [0.2, 0.25) is 0 Å². The van der Waals surface area contributed by atoms with E-state index < -0.39 is 11.0 Å². The maximum Gasteiger partial charge on any atom is 0.0886 e. The molecule has 0 amide bonds. The van der Waals surface area contributed by atoms with Crippen molar-refractivity contribution in [2.75, 3.05) is 12.9 Å². The number of rotatable bonds is 3. The quantitative estimate of drug-likeness (QED) is 0.639. The average Bonchev–Trinajstić information content (AvgIpc) is 2.34. The fraction of sp³-hybridized carbons (Fsp3) is 1.00. The van der Waals surface area contributed by atoms with Crippen molar-refractivity contribution in [1.29, 1.82) is 0 Å². The molecular formula is C7H15NO2S. The Bertz CT molecular complexity index is 151. The first-order valence-corrected chi connectivity index (χ1v) is 5.50. The Balaban J connectivity index is 2.37. The van der Waals surface area contributed by atoms with Crippen LogP contribution in [0.4, 0.5) is 0 Å². The summed E-state index contributed by atoms with van der Waals surface area (Å²) in [5, 5.41) is 8.91. The van der Waals surface area contributed by atoms with E-state index in [-0.39, 0.29) is 12.6 Å². The van der Waals surface area contributed by atoms with Crippen molar-refractivity contribution in [2.24, 2.45) is 5.92 Å². The largest absolute Gasteiger partial charge is 0.396 e. The zero-order valence-corrected chi connectivity index (χ0v) is 7.56. The molecule has 0 heterocycles. The smallest absolute Gasteiger partial charge is 0.0886 e. The maximum absolute atomic E-state index is 10.8. The highest BCUT2D eigenvalue weighted by Crippen LogP contribution is 2.24. The van der Waals surface area contributed by atoms with Crippen LogP contribution >= 0.6 is 0 Å². The van der Waals surface area contributed by atoms with Gasteiger partial charge in [0.1, 0.15) is 0 Å². The van der Waals surface area contributed by atoms with Crippen molar-refractivity contribution in [1.82, 2.24) is 4.72 Å². The second kappa shape index (κ2) is 4.18. The lowest BCUT2D eigenvalue weighted by molar-refractivity contribution is 0.214. The predicted molar refractivity (Wildman–Crippen MR) is 45.4 cm³/mol. The van der Waals surface area contributed by atoms with E-state index >= 15 is 0 Å². The van der Waals surface area contributed by atoms with Crippen molar-refractivity contribution in [3.63, 3.8) is 0 Å². The van der Waals surface area contributed by atoms with E-state index in [0.29, 0.717) is 5.92 Å². The fourth-order valence-electron chi connectivity index (χ4n) is 1.62. The van der Waals surface area contributed by atoms with E-state index in [1.807, 2.05) is 0 Å². The van der Waals surface area contributed by atoms with Crippen LogP contribution in [0.1, 0.15) is 19.3 Å². The van der Waals surface area contributed by atoms with Gasteiger partial charge in [-0.3, -0.25) is 0 Å². The van der Waals surface area contributed by atoms with E-state index in [1.165, 1.54) is 0 Å². The number of hydrogen-bond acceptors (Lipinski definition) is 2. The minimum Gasteiger partial charge on any atom is -0.396 e. The molecule has 0 aromatic carbocycles. The summed E-state index contributed by atoms with van der Waals surface area (Å²) < 4.78 is 13.7. The van der Waals surface area contributed by atoms with Crippen LogP contribution in [0.15, 0.2) is 0 Å². The van der Waals surface area contributed by atoms with E-state index in [2.05, 4.69) is 4.72 Å². The molecule has 1 unspecified atom stereocenters. The Morgan fingerprint density at radius 2 is 2.36 bits per heavy atom. The number of nitrogens with one attached hydrogen (secondary N) is 1. The van der Waals surface area contributed by atoms with Crippen LogP contribution in [-0.2, 0) is 11.0 Å². The average molecular weight is 177 g/mol. The van der Waals surface area contributed by atoms with Crippen molar-refractivity contribution in [3.8, 4) is 0 Å². The first-order valence-electron chi connectivity index (χ1n) is 3.94. The summed E-state index contributed by atoms with van der Waals surface area (Å²) in [6.45, 7) is 0.217. The Kier molecular flexibility index (Phi) is 3.48. The van der Waals surface area contributed by atoms with Gasteiger partial charge in [-0.05, 0) is 18.8 Å². The maximum atomic E-state index is 10.8. The van der Waals surface area contributed by atoms with Gasteiger partial charge in [-0.15, -0.1) is 0 Å². The van der Waals surface area contributed by atoms with Gasteiger partial charge in [-0.25, -0.2) is 8.93 Å². The van der Waals surface area contributed by atoms with Crippen molar-refractivity contribution in [3.05, 3.63) is 0 Å². The minimum atomic E-state index is -0.939. The van der Waals surface area contributed by atoms with Gasteiger partial charge >= 0.3 is 0 Å². The number of aliphatic hydroxyl groups excluding tert-OH is 1. The van der Waals surface area contributed by atoms with Gasteiger partial charge in [-0.1, -0.05) is 6.42 Å². The molecule has 1 fully saturated rings. The third-order valence-corrected chi connectivity index (χ3v) is 2.85. The Labute approximate surface area is 69.8 Å². The van der Waals surface area contributed by atoms with Crippen molar-refractivity contribution < 1.29 is 9.32 Å². The van der Waals surface area contributed by atoms with Gasteiger partial charge in [0.25, 0.3) is 0 Å². The second-order valence-electron chi connectivity index (χ2n) is 3.05. The highest BCUT2D eigenvalue weighted by Gasteiger charge is 2.26. The molecule has 0 saturated heterocycles. The molecule has 11 heavy (non-hydrogen) atoms. The summed E-state index contributed by atoms with van der Waals surface area (Å²) in [6, 6.07) is 0.269. The SMILES string of the molecule is CS(=O)N[C@@H]1CCC[C@@H]1CO. The summed E-state index contributed by atoms with van der Waals surface area (Å²) in [7, 11) is -0.939. The molecular weight excluding hydrogens is 162 g/mol. The van der Waals surface area contributed by atoms with Crippen molar-refractivity contribution >= 4 is 11.0 Å². The van der Waals surface area contributed by atoms with Gasteiger partial charge in [0.15, 0.2) is 0 Å². The third kappa shape index (κ3) is 2.54. The van der Waals surface area contributed by atoms with Crippen LogP contribution in [-0.4, -0.2) is 28.2 Å². The summed E-state index contributed by atoms with van der Waals surface area (Å²) in [5.74, 6) is 0.318. The predicted octanol–water partition coefficient (Wildman–Crippen LogP) is 0.0305. The molecule has 4 heteroatoms. The van der Waals surface area contributed by atoms with Crippen LogP contribution in [0, 0.1) is 5.92 Å². The van der Waals surface area contributed by atoms with Crippen molar-refractivity contribution in [2.45, 2.75) is 25.3 Å². The Morgan fingerprint density at radius 3 is 2.91 bits per heavy atom. The molecule has 2 N–H and O–H groups in total.